The summed E-state index contributed by atoms with van der Waals surface area (Å²) in [4.78, 5) is 26.6. The molecule has 2 heterocycles. The zero-order valence-electron chi connectivity index (χ0n) is 12.0. The second-order valence-corrected chi connectivity index (χ2v) is 5.51. The number of amides is 2. The fourth-order valence-corrected chi connectivity index (χ4v) is 2.89. The lowest BCUT2D eigenvalue weighted by atomic mass is 10.0. The lowest BCUT2D eigenvalue weighted by Crippen LogP contribution is -2.52. The van der Waals surface area contributed by atoms with Gasteiger partial charge in [0.15, 0.2) is 0 Å². The van der Waals surface area contributed by atoms with Gasteiger partial charge in [-0.1, -0.05) is 29.8 Å². The minimum Gasteiger partial charge on any atom is -0.469 e. The first-order valence-electron chi connectivity index (χ1n) is 6.97. The van der Waals surface area contributed by atoms with Crippen LogP contribution in [-0.4, -0.2) is 29.8 Å². The summed E-state index contributed by atoms with van der Waals surface area (Å²) < 4.78 is 5.19. The maximum atomic E-state index is 12.8. The van der Waals surface area contributed by atoms with E-state index < -0.39 is 6.04 Å². The predicted octanol–water partition coefficient (Wildman–Crippen LogP) is 2.55. The SMILES string of the molecule is Cc1occc1C(=O)N1CCNC(=O)[C@@H]1c1ccccc1Cl. The van der Waals surface area contributed by atoms with Gasteiger partial charge in [-0.2, -0.15) is 0 Å². The Morgan fingerprint density at radius 2 is 2.14 bits per heavy atom. The maximum Gasteiger partial charge on any atom is 0.258 e. The zero-order valence-corrected chi connectivity index (χ0v) is 12.8. The predicted molar refractivity (Wildman–Crippen MR) is 81.7 cm³/mol. The molecule has 1 aliphatic heterocycles. The Bertz CT molecular complexity index is 726. The van der Waals surface area contributed by atoms with Crippen molar-refractivity contribution in [2.45, 2.75) is 13.0 Å². The van der Waals surface area contributed by atoms with Crippen molar-refractivity contribution in [2.24, 2.45) is 0 Å². The van der Waals surface area contributed by atoms with Crippen LogP contribution in [0.1, 0.15) is 27.7 Å². The molecule has 0 aliphatic carbocycles. The fraction of sp³-hybridized carbons (Fsp3) is 0.250. The van der Waals surface area contributed by atoms with E-state index in [1.165, 1.54) is 11.2 Å². The van der Waals surface area contributed by atoms with Gasteiger partial charge in [-0.3, -0.25) is 9.59 Å². The van der Waals surface area contributed by atoms with E-state index in [1.54, 1.807) is 37.3 Å². The second kappa shape index (κ2) is 5.85. The summed E-state index contributed by atoms with van der Waals surface area (Å²) in [5.74, 6) is 0.0776. The quantitative estimate of drug-likeness (QED) is 0.925. The number of hydrogen-bond donors (Lipinski definition) is 1. The second-order valence-electron chi connectivity index (χ2n) is 5.10. The number of nitrogens with zero attached hydrogens (tertiary/aromatic N) is 1. The van der Waals surface area contributed by atoms with Gasteiger partial charge in [0.25, 0.3) is 5.91 Å². The lowest BCUT2D eigenvalue weighted by Gasteiger charge is -2.35. The van der Waals surface area contributed by atoms with Crippen molar-refractivity contribution >= 4 is 23.4 Å². The first-order chi connectivity index (χ1) is 10.6. The van der Waals surface area contributed by atoms with E-state index in [-0.39, 0.29) is 11.8 Å². The molecule has 1 aromatic carbocycles. The molecule has 1 N–H and O–H groups in total. The van der Waals surface area contributed by atoms with Gasteiger partial charge < -0.3 is 14.6 Å². The molecule has 114 valence electrons. The number of rotatable bonds is 2. The van der Waals surface area contributed by atoms with Gasteiger partial charge in [0.1, 0.15) is 11.8 Å². The Hall–Kier alpha value is -2.27. The lowest BCUT2D eigenvalue weighted by molar-refractivity contribution is -0.128. The van der Waals surface area contributed by atoms with Gasteiger partial charge in [-0.25, -0.2) is 0 Å². The molecule has 1 atom stereocenters. The van der Waals surface area contributed by atoms with E-state index in [0.717, 1.165) is 0 Å². The van der Waals surface area contributed by atoms with Gasteiger partial charge in [0, 0.05) is 23.7 Å². The number of hydrogen-bond acceptors (Lipinski definition) is 3. The van der Waals surface area contributed by atoms with Crippen molar-refractivity contribution in [3.05, 3.63) is 58.5 Å². The number of benzene rings is 1. The van der Waals surface area contributed by atoms with Crippen LogP contribution in [0.4, 0.5) is 0 Å². The van der Waals surface area contributed by atoms with Crippen LogP contribution in [0.25, 0.3) is 0 Å². The molecule has 1 fully saturated rings. The molecular formula is C16H15ClN2O3. The van der Waals surface area contributed by atoms with Crippen molar-refractivity contribution < 1.29 is 14.0 Å². The molecule has 5 nitrogen and oxygen atoms in total. The first-order valence-corrected chi connectivity index (χ1v) is 7.34. The summed E-state index contributed by atoms with van der Waals surface area (Å²) in [6.07, 6.45) is 1.47. The van der Waals surface area contributed by atoms with Crippen LogP contribution < -0.4 is 5.32 Å². The summed E-state index contributed by atoms with van der Waals surface area (Å²) >= 11 is 6.21. The third-order valence-corrected chi connectivity index (χ3v) is 4.11. The Balaban J connectivity index is 2.01. The summed E-state index contributed by atoms with van der Waals surface area (Å²) in [6.45, 7) is 2.56. The van der Waals surface area contributed by atoms with Crippen LogP contribution in [-0.2, 0) is 4.79 Å². The first kappa shape index (κ1) is 14.7. The highest BCUT2D eigenvalue weighted by atomic mass is 35.5. The molecule has 1 saturated heterocycles. The summed E-state index contributed by atoms with van der Waals surface area (Å²) in [7, 11) is 0. The Morgan fingerprint density at radius 3 is 2.82 bits per heavy atom. The van der Waals surface area contributed by atoms with Gasteiger partial charge in [0.2, 0.25) is 5.91 Å². The van der Waals surface area contributed by atoms with E-state index >= 15 is 0 Å². The van der Waals surface area contributed by atoms with E-state index in [1.807, 2.05) is 0 Å². The maximum absolute atomic E-state index is 12.8. The van der Waals surface area contributed by atoms with Crippen molar-refractivity contribution in [3.63, 3.8) is 0 Å². The van der Waals surface area contributed by atoms with E-state index in [4.69, 9.17) is 16.0 Å². The number of carbonyl (C=O) groups excluding carboxylic acids is 2. The highest BCUT2D eigenvalue weighted by Crippen LogP contribution is 2.30. The minimum absolute atomic E-state index is 0.228. The molecule has 0 bridgehead atoms. The fourth-order valence-electron chi connectivity index (χ4n) is 2.65. The molecule has 2 aromatic rings. The minimum atomic E-state index is -0.732. The van der Waals surface area contributed by atoms with Crippen molar-refractivity contribution in [1.82, 2.24) is 10.2 Å². The number of nitrogens with one attached hydrogen (secondary N) is 1. The van der Waals surface area contributed by atoms with E-state index in [2.05, 4.69) is 5.32 Å². The number of halogens is 1. The Labute approximate surface area is 132 Å². The molecule has 2 amide bonds. The molecule has 0 spiro atoms. The summed E-state index contributed by atoms with van der Waals surface area (Å²) in [5.41, 5.74) is 1.09. The van der Waals surface area contributed by atoms with E-state index in [0.29, 0.717) is 35.0 Å². The van der Waals surface area contributed by atoms with Crippen molar-refractivity contribution in [1.29, 1.82) is 0 Å². The van der Waals surface area contributed by atoms with Crippen LogP contribution >= 0.6 is 11.6 Å². The standard InChI is InChI=1S/C16H15ClN2O3/c1-10-11(6-9-22-10)16(21)19-8-7-18-15(20)14(19)12-4-2-3-5-13(12)17/h2-6,9,14H,7-8H2,1H3,(H,18,20)/t14-/m0/s1. The normalized spacial score (nSPS) is 18.2. The van der Waals surface area contributed by atoms with Gasteiger partial charge >= 0.3 is 0 Å². The third kappa shape index (κ3) is 2.48. The highest BCUT2D eigenvalue weighted by molar-refractivity contribution is 6.31. The van der Waals surface area contributed by atoms with Gasteiger partial charge in [-0.05, 0) is 19.1 Å². The largest absolute Gasteiger partial charge is 0.469 e. The monoisotopic (exact) mass is 318 g/mol. The average Bonchev–Trinajstić information content (AvgIpc) is 2.93. The molecule has 3 rings (SSSR count). The molecule has 1 aliphatic rings. The Morgan fingerprint density at radius 1 is 1.36 bits per heavy atom. The number of carbonyl (C=O) groups is 2. The number of furan rings is 1. The Kier molecular flexibility index (Phi) is 3.90. The van der Waals surface area contributed by atoms with Gasteiger partial charge in [0.05, 0.1) is 11.8 Å². The van der Waals surface area contributed by atoms with Crippen LogP contribution in [0.3, 0.4) is 0 Å². The van der Waals surface area contributed by atoms with Crippen LogP contribution in [0, 0.1) is 6.92 Å². The summed E-state index contributed by atoms with van der Waals surface area (Å²) in [6, 6.07) is 7.95. The summed E-state index contributed by atoms with van der Waals surface area (Å²) in [5, 5.41) is 3.25. The molecular weight excluding hydrogens is 304 g/mol. The molecule has 0 radical (unpaired) electrons. The smallest absolute Gasteiger partial charge is 0.258 e. The number of piperazine rings is 1. The van der Waals surface area contributed by atoms with E-state index in [9.17, 15) is 9.59 Å². The zero-order chi connectivity index (χ0) is 15.7. The molecule has 0 unspecified atom stereocenters. The molecule has 22 heavy (non-hydrogen) atoms. The average molecular weight is 319 g/mol. The topological polar surface area (TPSA) is 62.6 Å². The molecule has 0 saturated carbocycles. The van der Waals surface area contributed by atoms with Crippen LogP contribution in [0.2, 0.25) is 5.02 Å². The van der Waals surface area contributed by atoms with Crippen molar-refractivity contribution in [2.75, 3.05) is 13.1 Å². The van der Waals surface area contributed by atoms with Crippen molar-refractivity contribution in [3.8, 4) is 0 Å². The van der Waals surface area contributed by atoms with Crippen LogP contribution in [0.5, 0.6) is 0 Å². The highest BCUT2D eigenvalue weighted by Gasteiger charge is 2.36. The molecule has 6 heteroatoms. The molecule has 1 aromatic heterocycles. The third-order valence-electron chi connectivity index (χ3n) is 3.76. The van der Waals surface area contributed by atoms with Gasteiger partial charge in [-0.15, -0.1) is 0 Å². The van der Waals surface area contributed by atoms with Crippen LogP contribution in [0.15, 0.2) is 41.0 Å². The number of aryl methyl sites for hydroxylation is 1.